The molecule has 0 saturated carbocycles. The predicted molar refractivity (Wildman–Crippen MR) is 115 cm³/mol. The van der Waals surface area contributed by atoms with Gasteiger partial charge in [-0.2, -0.15) is 4.31 Å². The van der Waals surface area contributed by atoms with Gasteiger partial charge in [0.1, 0.15) is 10.0 Å². The molecule has 1 aliphatic rings. The summed E-state index contributed by atoms with van der Waals surface area (Å²) in [5.41, 5.74) is 2.43. The summed E-state index contributed by atoms with van der Waals surface area (Å²) in [6, 6.07) is 13.8. The Morgan fingerprint density at radius 3 is 2.57 bits per heavy atom. The first kappa shape index (κ1) is 21.0. The zero-order valence-electron chi connectivity index (χ0n) is 15.8. The quantitative estimate of drug-likeness (QED) is 0.602. The highest BCUT2D eigenvalue weighted by atomic mass is 32.2. The van der Waals surface area contributed by atoms with Crippen molar-refractivity contribution in [2.75, 3.05) is 11.3 Å². The van der Waals surface area contributed by atoms with Crippen LogP contribution in [-0.4, -0.2) is 27.7 Å². The maximum Gasteiger partial charge on any atom is 0.252 e. The number of nitrogens with one attached hydrogen (secondary N) is 1. The fourth-order valence-corrected chi connectivity index (χ4v) is 7.14. The van der Waals surface area contributed by atoms with Gasteiger partial charge in [-0.1, -0.05) is 24.3 Å². The number of nitrogens with zero attached hydrogens (tertiary/aromatic N) is 1. The van der Waals surface area contributed by atoms with E-state index >= 15 is 0 Å². The van der Waals surface area contributed by atoms with Crippen LogP contribution in [0.2, 0.25) is 0 Å². The summed E-state index contributed by atoms with van der Waals surface area (Å²) in [5.74, 6) is -0.857. The van der Waals surface area contributed by atoms with Crippen molar-refractivity contribution in [3.63, 3.8) is 0 Å². The molecule has 0 amide bonds. The van der Waals surface area contributed by atoms with Gasteiger partial charge < -0.3 is 0 Å². The van der Waals surface area contributed by atoms with Crippen LogP contribution in [0.25, 0.3) is 0 Å². The maximum atomic E-state index is 13.3. The van der Waals surface area contributed by atoms with E-state index in [0.717, 1.165) is 11.1 Å². The van der Waals surface area contributed by atoms with E-state index in [4.69, 9.17) is 0 Å². The first-order chi connectivity index (χ1) is 14.2. The monoisotopic (exact) mass is 466 g/mol. The third-order valence-electron chi connectivity index (χ3n) is 4.79. The molecule has 1 N–H and O–H groups in total. The summed E-state index contributed by atoms with van der Waals surface area (Å²) in [6.07, 6.45) is 0.552. The average molecular weight is 467 g/mol. The van der Waals surface area contributed by atoms with Crippen molar-refractivity contribution in [1.82, 2.24) is 4.31 Å². The van der Waals surface area contributed by atoms with Gasteiger partial charge in [0.05, 0.1) is 5.75 Å². The van der Waals surface area contributed by atoms with E-state index in [2.05, 4.69) is 4.72 Å². The Morgan fingerprint density at radius 1 is 1.00 bits per heavy atom. The summed E-state index contributed by atoms with van der Waals surface area (Å²) in [5, 5.41) is 1.72. The maximum absolute atomic E-state index is 13.3. The molecule has 158 valence electrons. The summed E-state index contributed by atoms with van der Waals surface area (Å²) in [4.78, 5) is 0. The zero-order chi connectivity index (χ0) is 21.4. The number of fused-ring (bicyclic) bond motifs is 1. The van der Waals surface area contributed by atoms with Crippen LogP contribution in [0.15, 0.2) is 64.2 Å². The molecule has 0 radical (unpaired) electrons. The molecule has 1 aliphatic heterocycles. The largest absolute Gasteiger partial charge is 0.283 e. The van der Waals surface area contributed by atoms with Gasteiger partial charge in [0.25, 0.3) is 10.0 Å². The van der Waals surface area contributed by atoms with E-state index < -0.39 is 25.9 Å². The highest BCUT2D eigenvalue weighted by molar-refractivity contribution is 7.92. The predicted octanol–water partition coefficient (Wildman–Crippen LogP) is 3.58. The van der Waals surface area contributed by atoms with Crippen molar-refractivity contribution >= 4 is 37.1 Å². The highest BCUT2D eigenvalue weighted by Crippen LogP contribution is 2.29. The van der Waals surface area contributed by atoms with E-state index in [1.165, 1.54) is 33.8 Å². The Morgan fingerprint density at radius 2 is 1.83 bits per heavy atom. The van der Waals surface area contributed by atoms with Gasteiger partial charge in [-0.3, -0.25) is 4.72 Å². The van der Waals surface area contributed by atoms with Gasteiger partial charge in [-0.15, -0.1) is 11.3 Å². The van der Waals surface area contributed by atoms with Crippen LogP contribution in [0.3, 0.4) is 0 Å². The Balaban J connectivity index is 1.53. The number of thiophene rings is 1. The SMILES string of the molecule is O=S(=O)(Cc1cccc(F)c1)Nc1ccc2c(c1)CN(S(=O)(=O)c1cccs1)CC2. The Bertz CT molecular complexity index is 1270. The number of halogens is 1. The Labute approximate surface area is 179 Å². The van der Waals surface area contributed by atoms with Gasteiger partial charge in [-0.25, -0.2) is 21.2 Å². The minimum absolute atomic E-state index is 0.176. The molecule has 1 aromatic heterocycles. The van der Waals surface area contributed by atoms with Crippen LogP contribution < -0.4 is 4.72 Å². The summed E-state index contributed by atoms with van der Waals surface area (Å²) < 4.78 is 68.1. The lowest BCUT2D eigenvalue weighted by Gasteiger charge is -2.28. The van der Waals surface area contributed by atoms with Crippen LogP contribution in [0.5, 0.6) is 0 Å². The van der Waals surface area contributed by atoms with Crippen LogP contribution in [-0.2, 0) is 38.8 Å². The van der Waals surface area contributed by atoms with Crippen molar-refractivity contribution in [1.29, 1.82) is 0 Å². The number of anilines is 1. The zero-order valence-corrected chi connectivity index (χ0v) is 18.2. The molecule has 4 rings (SSSR count). The van der Waals surface area contributed by atoms with Crippen molar-refractivity contribution in [3.05, 3.63) is 82.5 Å². The standard InChI is InChI=1S/C20H19FN2O4S3/c21-18-4-1-3-15(11-18)14-29(24,25)22-19-7-6-16-8-9-23(13-17(16)12-19)30(26,27)20-5-2-10-28-20/h1-7,10-12,22H,8-9,13-14H2. The molecule has 0 bridgehead atoms. The van der Waals surface area contributed by atoms with Crippen molar-refractivity contribution in [3.8, 4) is 0 Å². The summed E-state index contributed by atoms with van der Waals surface area (Å²) >= 11 is 1.17. The van der Waals surface area contributed by atoms with Gasteiger partial charge >= 0.3 is 0 Å². The van der Waals surface area contributed by atoms with Crippen molar-refractivity contribution in [2.45, 2.75) is 22.9 Å². The Hall–Kier alpha value is -2.27. The molecule has 2 aromatic carbocycles. The Kier molecular flexibility index (Phi) is 5.67. The van der Waals surface area contributed by atoms with E-state index in [9.17, 15) is 21.2 Å². The number of rotatable bonds is 6. The smallest absolute Gasteiger partial charge is 0.252 e. The molecular formula is C20H19FN2O4S3. The van der Waals surface area contributed by atoms with E-state index in [1.807, 2.05) is 6.07 Å². The molecule has 10 heteroatoms. The summed E-state index contributed by atoms with van der Waals surface area (Å²) in [7, 11) is -7.33. The second kappa shape index (κ2) is 8.10. The van der Waals surface area contributed by atoms with E-state index in [0.29, 0.717) is 24.2 Å². The first-order valence-electron chi connectivity index (χ1n) is 9.13. The van der Waals surface area contributed by atoms with Gasteiger partial charge in [0.2, 0.25) is 10.0 Å². The number of hydrogen-bond acceptors (Lipinski definition) is 5. The third-order valence-corrected chi connectivity index (χ3v) is 9.27. The van der Waals surface area contributed by atoms with Gasteiger partial charge in [-0.05, 0) is 58.8 Å². The second-order valence-corrected chi connectivity index (χ2v) is 11.8. The number of benzene rings is 2. The van der Waals surface area contributed by atoms with Crippen LogP contribution >= 0.6 is 11.3 Å². The minimum atomic E-state index is -3.76. The first-order valence-corrected chi connectivity index (χ1v) is 13.1. The van der Waals surface area contributed by atoms with Crippen LogP contribution in [0.4, 0.5) is 10.1 Å². The lowest BCUT2D eigenvalue weighted by atomic mass is 10.0. The molecule has 30 heavy (non-hydrogen) atoms. The number of hydrogen-bond donors (Lipinski definition) is 1. The lowest BCUT2D eigenvalue weighted by molar-refractivity contribution is 0.392. The van der Waals surface area contributed by atoms with E-state index in [1.54, 1.807) is 35.7 Å². The molecule has 6 nitrogen and oxygen atoms in total. The lowest BCUT2D eigenvalue weighted by Crippen LogP contribution is -2.35. The summed E-state index contributed by atoms with van der Waals surface area (Å²) in [6.45, 7) is 0.549. The average Bonchev–Trinajstić information content (AvgIpc) is 3.22. The van der Waals surface area contributed by atoms with Crippen molar-refractivity contribution in [2.24, 2.45) is 0 Å². The van der Waals surface area contributed by atoms with Crippen LogP contribution in [0.1, 0.15) is 16.7 Å². The van der Waals surface area contributed by atoms with E-state index in [-0.39, 0.29) is 16.5 Å². The van der Waals surface area contributed by atoms with Gasteiger partial charge in [0.15, 0.2) is 0 Å². The molecule has 0 unspecified atom stereocenters. The number of sulfonamides is 2. The molecular weight excluding hydrogens is 447 g/mol. The molecule has 3 aromatic rings. The molecule has 0 spiro atoms. The fourth-order valence-electron chi connectivity index (χ4n) is 3.40. The molecule has 0 atom stereocenters. The normalized spacial score (nSPS) is 15.0. The third kappa shape index (κ3) is 4.56. The molecule has 2 heterocycles. The van der Waals surface area contributed by atoms with Crippen molar-refractivity contribution < 1.29 is 21.2 Å². The molecule has 0 aliphatic carbocycles. The molecule has 0 fully saturated rings. The fraction of sp³-hybridized carbons (Fsp3) is 0.200. The van der Waals surface area contributed by atoms with Gasteiger partial charge in [0, 0.05) is 18.8 Å². The molecule has 0 saturated heterocycles. The minimum Gasteiger partial charge on any atom is -0.283 e. The second-order valence-electron chi connectivity index (χ2n) is 7.00. The highest BCUT2D eigenvalue weighted by Gasteiger charge is 2.29. The topological polar surface area (TPSA) is 83.6 Å². The van der Waals surface area contributed by atoms with Crippen LogP contribution in [0, 0.1) is 5.82 Å².